The maximum atomic E-state index is 11.6. The normalized spacial score (nSPS) is 21.4. The zero-order chi connectivity index (χ0) is 13.3. The highest BCUT2D eigenvalue weighted by Gasteiger charge is 2.45. The number of amides is 1. The Bertz CT molecular complexity index is 504. The number of aliphatic carboxylic acids is 1. The zero-order valence-electron chi connectivity index (χ0n) is 9.32. The second-order valence-electron chi connectivity index (χ2n) is 4.20. The molecule has 2 atom stereocenters. The van der Waals surface area contributed by atoms with E-state index in [0.717, 1.165) is 5.56 Å². The van der Waals surface area contributed by atoms with Crippen LogP contribution in [0.2, 0.25) is 10.0 Å². The molecule has 0 saturated heterocycles. The molecular weight excluding hydrogens is 277 g/mol. The van der Waals surface area contributed by atoms with E-state index in [0.29, 0.717) is 16.5 Å². The largest absolute Gasteiger partial charge is 0.480 e. The number of carbonyl (C=O) groups is 2. The molecule has 0 radical (unpaired) electrons. The monoisotopic (exact) mass is 287 g/mol. The van der Waals surface area contributed by atoms with Crippen LogP contribution >= 0.6 is 23.2 Å². The first-order chi connectivity index (χ1) is 8.50. The topological polar surface area (TPSA) is 66.4 Å². The van der Waals surface area contributed by atoms with Crippen molar-refractivity contribution in [2.45, 2.75) is 12.3 Å². The highest BCUT2D eigenvalue weighted by Crippen LogP contribution is 2.50. The maximum Gasteiger partial charge on any atom is 0.322 e. The Balaban J connectivity index is 2.00. The van der Waals surface area contributed by atoms with Crippen LogP contribution in [0, 0.1) is 5.92 Å². The van der Waals surface area contributed by atoms with Crippen LogP contribution in [0.15, 0.2) is 18.2 Å². The minimum atomic E-state index is -1.05. The molecule has 1 aliphatic rings. The van der Waals surface area contributed by atoms with Crippen molar-refractivity contribution in [1.82, 2.24) is 5.32 Å². The lowest BCUT2D eigenvalue weighted by molar-refractivity contribution is -0.138. The van der Waals surface area contributed by atoms with Crippen LogP contribution in [0.5, 0.6) is 0 Å². The first-order valence-corrected chi connectivity index (χ1v) is 6.19. The molecule has 1 amide bonds. The minimum absolute atomic E-state index is 0.0324. The highest BCUT2D eigenvalue weighted by atomic mass is 35.5. The van der Waals surface area contributed by atoms with Crippen molar-refractivity contribution in [1.29, 1.82) is 0 Å². The van der Waals surface area contributed by atoms with E-state index in [2.05, 4.69) is 5.32 Å². The molecule has 1 aromatic carbocycles. The Hall–Kier alpha value is -1.26. The predicted octanol–water partition coefficient (Wildman–Crippen LogP) is 2.30. The lowest BCUT2D eigenvalue weighted by atomic mass is 10.1. The van der Waals surface area contributed by atoms with Gasteiger partial charge in [-0.25, -0.2) is 0 Å². The molecule has 96 valence electrons. The van der Waals surface area contributed by atoms with Crippen molar-refractivity contribution < 1.29 is 14.7 Å². The molecule has 0 spiro atoms. The number of carboxylic acid groups (broad SMARTS) is 1. The molecule has 1 saturated carbocycles. The fourth-order valence-corrected chi connectivity index (χ4v) is 2.38. The number of rotatable bonds is 4. The third-order valence-electron chi connectivity index (χ3n) is 2.92. The van der Waals surface area contributed by atoms with Gasteiger partial charge in [-0.3, -0.25) is 9.59 Å². The van der Waals surface area contributed by atoms with Gasteiger partial charge in [0.15, 0.2) is 0 Å². The summed E-state index contributed by atoms with van der Waals surface area (Å²) < 4.78 is 0. The van der Waals surface area contributed by atoms with Crippen LogP contribution in [-0.4, -0.2) is 23.5 Å². The van der Waals surface area contributed by atoms with Crippen LogP contribution < -0.4 is 5.32 Å². The molecule has 1 aliphatic carbocycles. The summed E-state index contributed by atoms with van der Waals surface area (Å²) in [4.78, 5) is 22.0. The predicted molar refractivity (Wildman–Crippen MR) is 68.0 cm³/mol. The van der Waals surface area contributed by atoms with E-state index < -0.39 is 5.97 Å². The molecule has 0 aliphatic heterocycles. The Morgan fingerprint density at radius 2 is 2.11 bits per heavy atom. The van der Waals surface area contributed by atoms with E-state index in [1.165, 1.54) is 0 Å². The minimum Gasteiger partial charge on any atom is -0.480 e. The number of carbonyl (C=O) groups excluding carboxylic acids is 1. The summed E-state index contributed by atoms with van der Waals surface area (Å²) in [6.07, 6.45) is 0.672. The van der Waals surface area contributed by atoms with Crippen LogP contribution in [-0.2, 0) is 9.59 Å². The van der Waals surface area contributed by atoms with Crippen molar-refractivity contribution in [3.8, 4) is 0 Å². The fraction of sp³-hybridized carbons (Fsp3) is 0.333. The third kappa shape index (κ3) is 2.76. The second kappa shape index (κ2) is 5.16. The van der Waals surface area contributed by atoms with Crippen molar-refractivity contribution in [3.63, 3.8) is 0 Å². The van der Waals surface area contributed by atoms with Crippen LogP contribution in [0.3, 0.4) is 0 Å². The van der Waals surface area contributed by atoms with Gasteiger partial charge in [0.2, 0.25) is 5.91 Å². The SMILES string of the molecule is O=C(O)CNC(=O)C1CC1c1cccc(Cl)c1Cl. The highest BCUT2D eigenvalue weighted by molar-refractivity contribution is 6.42. The molecule has 1 aromatic rings. The van der Waals surface area contributed by atoms with Crippen LogP contribution in [0.4, 0.5) is 0 Å². The van der Waals surface area contributed by atoms with E-state index in [-0.39, 0.29) is 24.3 Å². The van der Waals surface area contributed by atoms with E-state index in [9.17, 15) is 9.59 Å². The summed E-state index contributed by atoms with van der Waals surface area (Å²) in [5, 5.41) is 11.8. The van der Waals surface area contributed by atoms with Crippen LogP contribution in [0.25, 0.3) is 0 Å². The lowest BCUT2D eigenvalue weighted by Crippen LogP contribution is -2.30. The van der Waals surface area contributed by atoms with Gasteiger partial charge in [-0.2, -0.15) is 0 Å². The van der Waals surface area contributed by atoms with Gasteiger partial charge in [0.25, 0.3) is 0 Å². The number of benzene rings is 1. The first-order valence-electron chi connectivity index (χ1n) is 5.44. The quantitative estimate of drug-likeness (QED) is 0.893. The zero-order valence-corrected chi connectivity index (χ0v) is 10.8. The van der Waals surface area contributed by atoms with Crippen LogP contribution in [0.1, 0.15) is 17.9 Å². The summed E-state index contributed by atoms with van der Waals surface area (Å²) in [6, 6.07) is 5.31. The summed E-state index contributed by atoms with van der Waals surface area (Å²) in [5.74, 6) is -1.48. The Morgan fingerprint density at radius 3 is 2.78 bits per heavy atom. The number of carboxylic acids is 1. The number of hydrogen-bond acceptors (Lipinski definition) is 2. The standard InChI is InChI=1S/C12H11Cl2NO3/c13-9-3-1-2-6(11(9)14)7-4-8(7)12(18)15-5-10(16)17/h1-3,7-8H,4-5H2,(H,15,18)(H,16,17). The summed E-state index contributed by atoms with van der Waals surface area (Å²) in [6.45, 7) is -0.356. The summed E-state index contributed by atoms with van der Waals surface area (Å²) in [5.41, 5.74) is 0.847. The van der Waals surface area contributed by atoms with Gasteiger partial charge in [-0.1, -0.05) is 35.3 Å². The molecule has 2 unspecified atom stereocenters. The van der Waals surface area contributed by atoms with E-state index in [1.807, 2.05) is 6.07 Å². The third-order valence-corrected chi connectivity index (χ3v) is 3.76. The molecule has 4 nitrogen and oxygen atoms in total. The summed E-state index contributed by atoms with van der Waals surface area (Å²) in [7, 11) is 0. The molecule has 6 heteroatoms. The van der Waals surface area contributed by atoms with Crippen molar-refractivity contribution in [2.24, 2.45) is 5.92 Å². The summed E-state index contributed by atoms with van der Waals surface area (Å²) >= 11 is 12.0. The van der Waals surface area contributed by atoms with Gasteiger partial charge in [0.05, 0.1) is 10.0 Å². The molecule has 1 fully saturated rings. The Kier molecular flexibility index (Phi) is 3.78. The maximum absolute atomic E-state index is 11.6. The molecule has 2 N–H and O–H groups in total. The second-order valence-corrected chi connectivity index (χ2v) is 4.99. The molecule has 0 aromatic heterocycles. The van der Waals surface area contributed by atoms with Crippen molar-refractivity contribution in [2.75, 3.05) is 6.54 Å². The van der Waals surface area contributed by atoms with Gasteiger partial charge in [-0.15, -0.1) is 0 Å². The first kappa shape index (κ1) is 13.2. The number of hydrogen-bond donors (Lipinski definition) is 2. The average Bonchev–Trinajstić information content (AvgIpc) is 3.09. The molecular formula is C12H11Cl2NO3. The van der Waals surface area contributed by atoms with Crippen molar-refractivity contribution in [3.05, 3.63) is 33.8 Å². The smallest absolute Gasteiger partial charge is 0.322 e. The van der Waals surface area contributed by atoms with E-state index in [1.54, 1.807) is 12.1 Å². The van der Waals surface area contributed by atoms with Gasteiger partial charge in [0.1, 0.15) is 6.54 Å². The number of nitrogens with one attached hydrogen (secondary N) is 1. The Morgan fingerprint density at radius 1 is 1.39 bits per heavy atom. The van der Waals surface area contributed by atoms with Gasteiger partial charge in [0, 0.05) is 5.92 Å². The molecule has 2 rings (SSSR count). The molecule has 18 heavy (non-hydrogen) atoms. The van der Waals surface area contributed by atoms with Gasteiger partial charge in [-0.05, 0) is 24.0 Å². The van der Waals surface area contributed by atoms with Gasteiger partial charge >= 0.3 is 5.97 Å². The van der Waals surface area contributed by atoms with E-state index in [4.69, 9.17) is 28.3 Å². The van der Waals surface area contributed by atoms with Crippen molar-refractivity contribution >= 4 is 35.1 Å². The van der Waals surface area contributed by atoms with E-state index >= 15 is 0 Å². The molecule has 0 heterocycles. The van der Waals surface area contributed by atoms with Gasteiger partial charge < -0.3 is 10.4 Å². The lowest BCUT2D eigenvalue weighted by Gasteiger charge is -2.05. The average molecular weight is 288 g/mol. The molecule has 0 bridgehead atoms. The number of halogens is 2. The fourth-order valence-electron chi connectivity index (χ4n) is 1.93. The Labute approximate surface area is 114 Å².